The van der Waals surface area contributed by atoms with Crippen molar-refractivity contribution >= 4 is 5.91 Å². The van der Waals surface area contributed by atoms with E-state index in [1.165, 1.54) is 0 Å². The van der Waals surface area contributed by atoms with Crippen LogP contribution in [-0.2, 0) is 18.0 Å². The molecule has 2 heterocycles. The fourth-order valence-electron chi connectivity index (χ4n) is 2.24. The standard InChI is InChI=1S/C14H21N5O2/c1-5-19-11(3)12(8-15-19)10(2)16-14(20)13-6-7-18(17-13)9-21-4/h6-8,10H,5,9H2,1-4H3,(H,16,20). The maximum atomic E-state index is 12.2. The van der Waals surface area contributed by atoms with Gasteiger partial charge in [0.25, 0.3) is 5.91 Å². The van der Waals surface area contributed by atoms with E-state index in [4.69, 9.17) is 4.74 Å². The second-order valence-electron chi connectivity index (χ2n) is 4.85. The Hall–Kier alpha value is -2.15. The first-order chi connectivity index (χ1) is 10.1. The molecular formula is C14H21N5O2. The number of hydrogen-bond donors (Lipinski definition) is 1. The lowest BCUT2D eigenvalue weighted by molar-refractivity contribution is 0.0927. The van der Waals surface area contributed by atoms with Crippen LogP contribution in [0.5, 0.6) is 0 Å². The van der Waals surface area contributed by atoms with Gasteiger partial charge in [0.15, 0.2) is 0 Å². The molecule has 0 saturated carbocycles. The number of ether oxygens (including phenoxy) is 1. The van der Waals surface area contributed by atoms with Crippen LogP contribution in [0.25, 0.3) is 0 Å². The average molecular weight is 291 g/mol. The van der Waals surface area contributed by atoms with Crippen LogP contribution >= 0.6 is 0 Å². The number of aryl methyl sites for hydroxylation is 1. The molecule has 0 bridgehead atoms. The highest BCUT2D eigenvalue weighted by Crippen LogP contribution is 2.17. The number of nitrogens with zero attached hydrogens (tertiary/aromatic N) is 4. The van der Waals surface area contributed by atoms with Gasteiger partial charge in [-0.1, -0.05) is 0 Å². The summed E-state index contributed by atoms with van der Waals surface area (Å²) in [5.41, 5.74) is 2.45. The quantitative estimate of drug-likeness (QED) is 0.875. The van der Waals surface area contributed by atoms with Crippen molar-refractivity contribution in [2.75, 3.05) is 7.11 Å². The van der Waals surface area contributed by atoms with E-state index in [-0.39, 0.29) is 11.9 Å². The van der Waals surface area contributed by atoms with Gasteiger partial charge < -0.3 is 10.1 Å². The molecule has 1 N–H and O–H groups in total. The Morgan fingerprint density at radius 3 is 2.90 bits per heavy atom. The SMILES string of the molecule is CCn1ncc(C(C)NC(=O)c2ccn(COC)n2)c1C. The highest BCUT2D eigenvalue weighted by molar-refractivity contribution is 5.92. The lowest BCUT2D eigenvalue weighted by Gasteiger charge is -2.13. The summed E-state index contributed by atoms with van der Waals surface area (Å²) in [6, 6.07) is 1.55. The summed E-state index contributed by atoms with van der Waals surface area (Å²) in [6.45, 7) is 7.12. The molecule has 0 radical (unpaired) electrons. The summed E-state index contributed by atoms with van der Waals surface area (Å²) in [5.74, 6) is -0.207. The van der Waals surface area contributed by atoms with E-state index in [1.807, 2.05) is 25.5 Å². The van der Waals surface area contributed by atoms with Crippen molar-refractivity contribution in [2.24, 2.45) is 0 Å². The van der Waals surface area contributed by atoms with Crippen molar-refractivity contribution in [2.45, 2.75) is 40.1 Å². The molecule has 0 aliphatic carbocycles. The Morgan fingerprint density at radius 2 is 2.29 bits per heavy atom. The minimum absolute atomic E-state index is 0.120. The zero-order valence-electron chi connectivity index (χ0n) is 12.8. The van der Waals surface area contributed by atoms with Crippen LogP contribution < -0.4 is 5.32 Å². The summed E-state index contributed by atoms with van der Waals surface area (Å²) >= 11 is 0. The minimum atomic E-state index is -0.207. The fraction of sp³-hybridized carbons (Fsp3) is 0.500. The van der Waals surface area contributed by atoms with Gasteiger partial charge in [-0.3, -0.25) is 9.48 Å². The lowest BCUT2D eigenvalue weighted by atomic mass is 10.1. The zero-order chi connectivity index (χ0) is 15.4. The third kappa shape index (κ3) is 3.30. The molecule has 0 aliphatic heterocycles. The highest BCUT2D eigenvalue weighted by Gasteiger charge is 2.17. The monoisotopic (exact) mass is 291 g/mol. The Balaban J connectivity index is 2.05. The first-order valence-electron chi connectivity index (χ1n) is 6.92. The van der Waals surface area contributed by atoms with E-state index in [9.17, 15) is 4.79 Å². The first-order valence-corrected chi connectivity index (χ1v) is 6.92. The highest BCUT2D eigenvalue weighted by atomic mass is 16.5. The summed E-state index contributed by atoms with van der Waals surface area (Å²) in [5, 5.41) is 11.4. The third-order valence-corrected chi connectivity index (χ3v) is 3.39. The molecule has 21 heavy (non-hydrogen) atoms. The van der Waals surface area contributed by atoms with E-state index in [1.54, 1.807) is 30.3 Å². The number of hydrogen-bond acceptors (Lipinski definition) is 4. The summed E-state index contributed by atoms with van der Waals surface area (Å²) < 4.78 is 8.44. The fourth-order valence-corrected chi connectivity index (χ4v) is 2.24. The van der Waals surface area contributed by atoms with Crippen molar-refractivity contribution in [1.82, 2.24) is 24.9 Å². The maximum absolute atomic E-state index is 12.2. The molecule has 0 spiro atoms. The van der Waals surface area contributed by atoms with Gasteiger partial charge in [0.1, 0.15) is 12.4 Å². The Morgan fingerprint density at radius 1 is 1.52 bits per heavy atom. The Kier molecular flexibility index (Phi) is 4.74. The second kappa shape index (κ2) is 6.53. The van der Waals surface area contributed by atoms with Gasteiger partial charge >= 0.3 is 0 Å². The molecule has 7 nitrogen and oxygen atoms in total. The molecule has 114 valence electrons. The maximum Gasteiger partial charge on any atom is 0.272 e. The summed E-state index contributed by atoms with van der Waals surface area (Å²) in [4.78, 5) is 12.2. The van der Waals surface area contributed by atoms with Crippen molar-refractivity contribution in [3.63, 3.8) is 0 Å². The molecule has 1 amide bonds. The normalized spacial score (nSPS) is 12.4. The molecule has 0 fully saturated rings. The smallest absolute Gasteiger partial charge is 0.272 e. The van der Waals surface area contributed by atoms with Crippen LogP contribution in [0, 0.1) is 6.92 Å². The zero-order valence-corrected chi connectivity index (χ0v) is 12.8. The van der Waals surface area contributed by atoms with E-state index in [0.29, 0.717) is 12.4 Å². The van der Waals surface area contributed by atoms with Crippen LogP contribution in [0.2, 0.25) is 0 Å². The number of amides is 1. The number of rotatable bonds is 6. The number of methoxy groups -OCH3 is 1. The van der Waals surface area contributed by atoms with Gasteiger partial charge in [-0.25, -0.2) is 4.68 Å². The molecular weight excluding hydrogens is 270 g/mol. The number of nitrogens with one attached hydrogen (secondary N) is 1. The van der Waals surface area contributed by atoms with Crippen molar-refractivity contribution in [1.29, 1.82) is 0 Å². The molecule has 2 rings (SSSR count). The van der Waals surface area contributed by atoms with Crippen LogP contribution in [0.3, 0.4) is 0 Å². The lowest BCUT2D eigenvalue weighted by Crippen LogP contribution is -2.27. The van der Waals surface area contributed by atoms with E-state index >= 15 is 0 Å². The van der Waals surface area contributed by atoms with E-state index in [0.717, 1.165) is 17.8 Å². The predicted molar refractivity (Wildman–Crippen MR) is 77.8 cm³/mol. The van der Waals surface area contributed by atoms with Crippen molar-refractivity contribution < 1.29 is 9.53 Å². The topological polar surface area (TPSA) is 74.0 Å². The van der Waals surface area contributed by atoms with Crippen LogP contribution in [-0.4, -0.2) is 32.6 Å². The van der Waals surface area contributed by atoms with Gasteiger partial charge in [0, 0.05) is 31.1 Å². The van der Waals surface area contributed by atoms with Gasteiger partial charge in [-0.05, 0) is 26.8 Å². The van der Waals surface area contributed by atoms with E-state index in [2.05, 4.69) is 15.5 Å². The molecule has 0 saturated heterocycles. The largest absolute Gasteiger partial charge is 0.362 e. The van der Waals surface area contributed by atoms with Crippen LogP contribution in [0.4, 0.5) is 0 Å². The molecule has 7 heteroatoms. The van der Waals surface area contributed by atoms with E-state index < -0.39 is 0 Å². The molecule has 1 atom stereocenters. The Labute approximate surface area is 123 Å². The van der Waals surface area contributed by atoms with Gasteiger partial charge in [0.05, 0.1) is 12.2 Å². The molecule has 2 aromatic rings. The molecule has 0 aliphatic rings. The van der Waals surface area contributed by atoms with Crippen LogP contribution in [0.15, 0.2) is 18.5 Å². The van der Waals surface area contributed by atoms with Crippen LogP contribution in [0.1, 0.15) is 41.6 Å². The second-order valence-corrected chi connectivity index (χ2v) is 4.85. The number of carbonyl (C=O) groups is 1. The van der Waals surface area contributed by atoms with Gasteiger partial charge in [0.2, 0.25) is 0 Å². The van der Waals surface area contributed by atoms with Crippen molar-refractivity contribution in [3.05, 3.63) is 35.4 Å². The summed E-state index contributed by atoms with van der Waals surface area (Å²) in [7, 11) is 1.58. The molecule has 0 aromatic carbocycles. The summed E-state index contributed by atoms with van der Waals surface area (Å²) in [6.07, 6.45) is 3.51. The minimum Gasteiger partial charge on any atom is -0.362 e. The molecule has 2 aromatic heterocycles. The Bertz CT molecular complexity index is 617. The first kappa shape index (κ1) is 15.2. The average Bonchev–Trinajstić information content (AvgIpc) is 3.05. The third-order valence-electron chi connectivity index (χ3n) is 3.39. The molecule has 1 unspecified atom stereocenters. The van der Waals surface area contributed by atoms with Crippen molar-refractivity contribution in [3.8, 4) is 0 Å². The number of carbonyl (C=O) groups excluding carboxylic acids is 1. The van der Waals surface area contributed by atoms with Gasteiger partial charge in [-0.15, -0.1) is 0 Å². The number of aromatic nitrogens is 4. The predicted octanol–water partition coefficient (Wildman–Crippen LogP) is 1.50. The van der Waals surface area contributed by atoms with Gasteiger partial charge in [-0.2, -0.15) is 10.2 Å².